The molecular formula is C16H11Cl3N2O6. The van der Waals surface area contributed by atoms with Gasteiger partial charge < -0.3 is 14.8 Å². The molecule has 0 saturated heterocycles. The van der Waals surface area contributed by atoms with Crippen molar-refractivity contribution in [1.29, 1.82) is 0 Å². The SMILES string of the molecule is COc1cc([N+](=O)[O-])ccc1NC(=O)COC(=O)c1c(Cl)ccc(Cl)c1Cl. The van der Waals surface area contributed by atoms with Crippen LogP contribution in [0.15, 0.2) is 30.3 Å². The predicted octanol–water partition coefficient (Wildman–Crippen LogP) is 4.36. The monoisotopic (exact) mass is 432 g/mol. The number of nitrogens with zero attached hydrogens (tertiary/aromatic N) is 1. The number of nitro groups is 1. The van der Waals surface area contributed by atoms with Gasteiger partial charge in [-0.2, -0.15) is 0 Å². The molecule has 2 aromatic carbocycles. The Kier molecular flexibility index (Phi) is 6.84. The molecule has 0 atom stereocenters. The van der Waals surface area contributed by atoms with Crippen LogP contribution in [0.2, 0.25) is 15.1 Å². The zero-order valence-electron chi connectivity index (χ0n) is 13.6. The quantitative estimate of drug-likeness (QED) is 0.314. The van der Waals surface area contributed by atoms with Crippen LogP contribution in [0.4, 0.5) is 11.4 Å². The zero-order valence-corrected chi connectivity index (χ0v) is 15.9. The van der Waals surface area contributed by atoms with E-state index in [-0.39, 0.29) is 37.8 Å². The molecule has 142 valence electrons. The Bertz CT molecular complexity index is 919. The lowest BCUT2D eigenvalue weighted by Crippen LogP contribution is -2.21. The van der Waals surface area contributed by atoms with Gasteiger partial charge in [0, 0.05) is 6.07 Å². The van der Waals surface area contributed by atoms with Crippen molar-refractivity contribution in [3.05, 3.63) is 61.1 Å². The number of anilines is 1. The fourth-order valence-electron chi connectivity index (χ4n) is 2.00. The first-order valence-corrected chi connectivity index (χ1v) is 8.31. The number of nitrogens with one attached hydrogen (secondary N) is 1. The van der Waals surface area contributed by atoms with E-state index >= 15 is 0 Å². The minimum absolute atomic E-state index is 0.0202. The van der Waals surface area contributed by atoms with E-state index in [0.717, 1.165) is 6.07 Å². The van der Waals surface area contributed by atoms with Crippen LogP contribution in [-0.4, -0.2) is 30.5 Å². The number of carbonyl (C=O) groups excluding carboxylic acids is 2. The smallest absolute Gasteiger partial charge is 0.341 e. The molecule has 0 aromatic heterocycles. The molecule has 0 unspecified atom stereocenters. The minimum atomic E-state index is -0.932. The van der Waals surface area contributed by atoms with Gasteiger partial charge in [-0.3, -0.25) is 14.9 Å². The van der Waals surface area contributed by atoms with E-state index < -0.39 is 23.4 Å². The van der Waals surface area contributed by atoms with Crippen LogP contribution in [0.5, 0.6) is 5.75 Å². The molecule has 0 bridgehead atoms. The highest BCUT2D eigenvalue weighted by molar-refractivity contribution is 6.46. The number of benzene rings is 2. The Labute approximate surface area is 168 Å². The third-order valence-electron chi connectivity index (χ3n) is 3.25. The van der Waals surface area contributed by atoms with E-state index in [4.69, 9.17) is 44.3 Å². The zero-order chi connectivity index (χ0) is 20.1. The summed E-state index contributed by atoms with van der Waals surface area (Å²) in [5.74, 6) is -1.56. The van der Waals surface area contributed by atoms with Crippen LogP contribution in [0.25, 0.3) is 0 Å². The third kappa shape index (κ3) is 5.00. The molecule has 1 N–H and O–H groups in total. The van der Waals surface area contributed by atoms with E-state index in [1.807, 2.05) is 0 Å². The third-order valence-corrected chi connectivity index (χ3v) is 4.37. The highest BCUT2D eigenvalue weighted by Gasteiger charge is 2.20. The number of non-ortho nitro benzene ring substituents is 1. The van der Waals surface area contributed by atoms with E-state index in [9.17, 15) is 19.7 Å². The number of hydrogen-bond donors (Lipinski definition) is 1. The lowest BCUT2D eigenvalue weighted by atomic mass is 10.2. The number of carbonyl (C=O) groups is 2. The summed E-state index contributed by atoms with van der Waals surface area (Å²) in [5, 5.41) is 13.2. The number of ether oxygens (including phenoxy) is 2. The molecule has 0 aliphatic rings. The van der Waals surface area contributed by atoms with E-state index in [0.29, 0.717) is 0 Å². The van der Waals surface area contributed by atoms with Gasteiger partial charge in [0.25, 0.3) is 11.6 Å². The summed E-state index contributed by atoms with van der Waals surface area (Å²) in [5.41, 5.74) is -0.198. The average Bonchev–Trinajstić information content (AvgIpc) is 2.63. The van der Waals surface area contributed by atoms with Gasteiger partial charge in [-0.05, 0) is 18.2 Å². The molecule has 0 aliphatic carbocycles. The van der Waals surface area contributed by atoms with Crippen molar-refractivity contribution in [3.8, 4) is 5.75 Å². The number of halogens is 3. The highest BCUT2D eigenvalue weighted by Crippen LogP contribution is 2.32. The van der Waals surface area contributed by atoms with Crippen molar-refractivity contribution in [1.82, 2.24) is 0 Å². The summed E-state index contributed by atoms with van der Waals surface area (Å²) in [7, 11) is 1.29. The van der Waals surface area contributed by atoms with Crippen molar-refractivity contribution >= 4 is 58.1 Å². The Morgan fingerprint density at radius 3 is 2.44 bits per heavy atom. The summed E-state index contributed by atoms with van der Waals surface area (Å²) < 4.78 is 9.89. The molecule has 8 nitrogen and oxygen atoms in total. The fraction of sp³-hybridized carbons (Fsp3) is 0.125. The molecule has 2 rings (SSSR count). The summed E-state index contributed by atoms with van der Waals surface area (Å²) in [4.78, 5) is 34.3. The standard InChI is InChI=1S/C16H11Cl3N2O6/c1-26-12-6-8(21(24)25)2-5-11(12)20-13(22)7-27-16(23)14-9(17)3-4-10(18)15(14)19/h2-6H,7H2,1H3,(H,20,22). The Balaban J connectivity index is 2.06. The summed E-state index contributed by atoms with van der Waals surface area (Å²) in [6.07, 6.45) is 0. The molecule has 0 radical (unpaired) electrons. The van der Waals surface area contributed by atoms with Crippen LogP contribution in [-0.2, 0) is 9.53 Å². The number of amides is 1. The normalized spacial score (nSPS) is 10.2. The molecular weight excluding hydrogens is 423 g/mol. The van der Waals surface area contributed by atoms with Crippen molar-refractivity contribution in [2.75, 3.05) is 19.0 Å². The maximum absolute atomic E-state index is 12.1. The Morgan fingerprint density at radius 1 is 1.15 bits per heavy atom. The molecule has 2 aromatic rings. The van der Waals surface area contributed by atoms with Gasteiger partial charge in [-0.15, -0.1) is 0 Å². The molecule has 0 heterocycles. The number of hydrogen-bond acceptors (Lipinski definition) is 6. The predicted molar refractivity (Wildman–Crippen MR) is 100 cm³/mol. The maximum atomic E-state index is 12.1. The number of nitro benzene ring substituents is 1. The Morgan fingerprint density at radius 2 is 1.81 bits per heavy atom. The average molecular weight is 434 g/mol. The summed E-state index contributed by atoms with van der Waals surface area (Å²) >= 11 is 17.7. The van der Waals surface area contributed by atoms with Crippen molar-refractivity contribution in [2.24, 2.45) is 0 Å². The summed E-state index contributed by atoms with van der Waals surface area (Å²) in [6, 6.07) is 6.41. The van der Waals surface area contributed by atoms with Gasteiger partial charge in [-0.25, -0.2) is 4.79 Å². The van der Waals surface area contributed by atoms with Gasteiger partial charge in [0.1, 0.15) is 5.75 Å². The molecule has 0 aliphatic heterocycles. The van der Waals surface area contributed by atoms with Gasteiger partial charge in [0.05, 0.1) is 44.4 Å². The van der Waals surface area contributed by atoms with E-state index in [1.165, 1.54) is 31.4 Å². The molecule has 11 heteroatoms. The van der Waals surface area contributed by atoms with E-state index in [1.54, 1.807) is 0 Å². The van der Waals surface area contributed by atoms with Crippen LogP contribution >= 0.6 is 34.8 Å². The minimum Gasteiger partial charge on any atom is -0.494 e. The first-order chi connectivity index (χ1) is 12.7. The van der Waals surface area contributed by atoms with Crippen molar-refractivity contribution in [2.45, 2.75) is 0 Å². The first kappa shape index (κ1) is 20.8. The molecule has 0 saturated carbocycles. The van der Waals surface area contributed by atoms with Crippen LogP contribution in [0, 0.1) is 10.1 Å². The molecule has 27 heavy (non-hydrogen) atoms. The lowest BCUT2D eigenvalue weighted by Gasteiger charge is -2.11. The Hall–Kier alpha value is -2.55. The van der Waals surface area contributed by atoms with Gasteiger partial charge in [0.15, 0.2) is 6.61 Å². The van der Waals surface area contributed by atoms with Gasteiger partial charge in [-0.1, -0.05) is 34.8 Å². The first-order valence-electron chi connectivity index (χ1n) is 7.17. The molecule has 0 spiro atoms. The van der Waals surface area contributed by atoms with Gasteiger partial charge >= 0.3 is 5.97 Å². The second-order valence-corrected chi connectivity index (χ2v) is 6.18. The van der Waals surface area contributed by atoms with E-state index in [2.05, 4.69) is 5.32 Å². The fourth-order valence-corrected chi connectivity index (χ4v) is 2.68. The van der Waals surface area contributed by atoms with Crippen molar-refractivity contribution in [3.63, 3.8) is 0 Å². The second kappa shape index (κ2) is 8.90. The van der Waals surface area contributed by atoms with Gasteiger partial charge in [0.2, 0.25) is 0 Å². The molecule has 1 amide bonds. The van der Waals surface area contributed by atoms with Crippen LogP contribution in [0.3, 0.4) is 0 Å². The largest absolute Gasteiger partial charge is 0.494 e. The lowest BCUT2D eigenvalue weighted by molar-refractivity contribution is -0.384. The number of rotatable bonds is 6. The highest BCUT2D eigenvalue weighted by atomic mass is 35.5. The van der Waals surface area contributed by atoms with Crippen LogP contribution < -0.4 is 10.1 Å². The second-order valence-electron chi connectivity index (χ2n) is 4.98. The summed E-state index contributed by atoms with van der Waals surface area (Å²) in [6.45, 7) is -0.655. The topological polar surface area (TPSA) is 108 Å². The molecule has 0 fully saturated rings. The van der Waals surface area contributed by atoms with Crippen molar-refractivity contribution < 1.29 is 24.0 Å². The maximum Gasteiger partial charge on any atom is 0.341 e. The number of methoxy groups -OCH3 is 1. The van der Waals surface area contributed by atoms with Crippen LogP contribution in [0.1, 0.15) is 10.4 Å². The number of esters is 1.